The summed E-state index contributed by atoms with van der Waals surface area (Å²) in [5, 5.41) is 23.8. The molecule has 0 saturated carbocycles. The number of rotatable bonds is 2. The number of ketones is 1. The van der Waals surface area contributed by atoms with Gasteiger partial charge in [-0.05, 0) is 28.1 Å². The molecule has 0 heterocycles. The van der Waals surface area contributed by atoms with Crippen LogP contribution in [-0.4, -0.2) is 16.0 Å². The van der Waals surface area contributed by atoms with E-state index in [1.807, 2.05) is 66.7 Å². The van der Waals surface area contributed by atoms with Gasteiger partial charge in [-0.15, -0.1) is 0 Å². The molecule has 0 fully saturated rings. The molecule has 0 aromatic heterocycles. The number of fused-ring (bicyclic) bond motifs is 3. The predicted octanol–water partition coefficient (Wildman–Crippen LogP) is 4.57. The molecule has 136 valence electrons. The molecule has 5 rings (SSSR count). The Hall–Kier alpha value is -3.43. The van der Waals surface area contributed by atoms with Gasteiger partial charge in [0.2, 0.25) is 0 Å². The van der Waals surface area contributed by atoms with Crippen LogP contribution in [0.5, 0.6) is 5.75 Å². The Labute approximate surface area is 162 Å². The van der Waals surface area contributed by atoms with Gasteiger partial charge in [-0.2, -0.15) is 0 Å². The Morgan fingerprint density at radius 1 is 0.679 bits per heavy atom. The molecule has 0 bridgehead atoms. The fourth-order valence-corrected chi connectivity index (χ4v) is 4.34. The summed E-state index contributed by atoms with van der Waals surface area (Å²) in [6.07, 6.45) is 0.301. The molecule has 4 aromatic rings. The second-order valence-corrected chi connectivity index (χ2v) is 7.25. The molecule has 1 aliphatic carbocycles. The van der Waals surface area contributed by atoms with Crippen LogP contribution in [0.25, 0.3) is 10.8 Å². The largest absolute Gasteiger partial charge is 0.507 e. The quantitative estimate of drug-likeness (QED) is 0.546. The van der Waals surface area contributed by atoms with Gasteiger partial charge in [-0.25, -0.2) is 0 Å². The molecule has 4 aromatic carbocycles. The molecule has 0 amide bonds. The minimum Gasteiger partial charge on any atom is -0.507 e. The molecule has 0 saturated heterocycles. The molecule has 0 aliphatic heterocycles. The number of carbonyl (C=O) groups excluding carboxylic acids is 1. The van der Waals surface area contributed by atoms with Gasteiger partial charge in [0.25, 0.3) is 0 Å². The zero-order valence-electron chi connectivity index (χ0n) is 15.1. The maximum atomic E-state index is 13.0. The van der Waals surface area contributed by atoms with Crippen LogP contribution in [0, 0.1) is 0 Å². The van der Waals surface area contributed by atoms with E-state index in [0.29, 0.717) is 28.7 Å². The van der Waals surface area contributed by atoms with Crippen molar-refractivity contribution >= 4 is 16.6 Å². The summed E-state index contributed by atoms with van der Waals surface area (Å²) in [7, 11) is 0. The standard InChI is InChI=1S/C25H18O3/c26-23-14-13-16(17-7-1-2-8-18(17)23)15-25(28)21-11-5-3-9-19(21)24(27)20-10-4-6-12-22(20)25/h1-14,26,28H,15H2. The minimum atomic E-state index is -1.33. The van der Waals surface area contributed by atoms with E-state index >= 15 is 0 Å². The van der Waals surface area contributed by atoms with Crippen molar-refractivity contribution in [2.24, 2.45) is 0 Å². The first-order chi connectivity index (χ1) is 13.6. The van der Waals surface area contributed by atoms with E-state index in [4.69, 9.17) is 0 Å². The summed E-state index contributed by atoms with van der Waals surface area (Å²) in [4.78, 5) is 13.0. The third-order valence-electron chi connectivity index (χ3n) is 5.67. The van der Waals surface area contributed by atoms with E-state index < -0.39 is 5.60 Å². The summed E-state index contributed by atoms with van der Waals surface area (Å²) in [6, 6.07) is 25.6. The Morgan fingerprint density at radius 2 is 1.21 bits per heavy atom. The molecule has 0 unspecified atom stereocenters. The number of phenolic OH excluding ortho intramolecular Hbond substituents is 1. The highest BCUT2D eigenvalue weighted by atomic mass is 16.3. The summed E-state index contributed by atoms with van der Waals surface area (Å²) < 4.78 is 0. The summed E-state index contributed by atoms with van der Waals surface area (Å²) >= 11 is 0. The predicted molar refractivity (Wildman–Crippen MR) is 109 cm³/mol. The van der Waals surface area contributed by atoms with Gasteiger partial charge in [-0.3, -0.25) is 4.79 Å². The maximum absolute atomic E-state index is 13.0. The van der Waals surface area contributed by atoms with Crippen LogP contribution in [0.1, 0.15) is 32.6 Å². The first kappa shape index (κ1) is 16.7. The lowest BCUT2D eigenvalue weighted by Crippen LogP contribution is -2.37. The molecule has 3 nitrogen and oxygen atoms in total. The Bertz CT molecular complexity index is 1190. The number of phenols is 1. The van der Waals surface area contributed by atoms with E-state index in [2.05, 4.69) is 0 Å². The average Bonchev–Trinajstić information content (AvgIpc) is 2.75. The highest BCUT2D eigenvalue weighted by Gasteiger charge is 2.42. The smallest absolute Gasteiger partial charge is 0.193 e. The number of aliphatic hydroxyl groups is 1. The zero-order valence-corrected chi connectivity index (χ0v) is 15.1. The SMILES string of the molecule is O=C1c2ccccc2C(O)(Cc2ccc(O)c3ccccc23)c2ccccc21. The third kappa shape index (κ3) is 2.30. The van der Waals surface area contributed by atoms with E-state index in [0.717, 1.165) is 16.3 Å². The molecular weight excluding hydrogens is 348 g/mol. The van der Waals surface area contributed by atoms with Gasteiger partial charge in [0, 0.05) is 22.9 Å². The second kappa shape index (κ2) is 6.04. The van der Waals surface area contributed by atoms with E-state index in [1.54, 1.807) is 18.2 Å². The zero-order chi connectivity index (χ0) is 19.3. The Balaban J connectivity index is 1.76. The van der Waals surface area contributed by atoms with Gasteiger partial charge in [0.15, 0.2) is 5.78 Å². The van der Waals surface area contributed by atoms with E-state index in [9.17, 15) is 15.0 Å². The van der Waals surface area contributed by atoms with Crippen LogP contribution >= 0.6 is 0 Å². The lowest BCUT2D eigenvalue weighted by Gasteiger charge is -2.36. The fourth-order valence-electron chi connectivity index (χ4n) is 4.34. The molecule has 28 heavy (non-hydrogen) atoms. The van der Waals surface area contributed by atoms with Crippen LogP contribution < -0.4 is 0 Å². The number of carbonyl (C=O) groups is 1. The van der Waals surface area contributed by atoms with Gasteiger partial charge in [0.05, 0.1) is 0 Å². The summed E-state index contributed by atoms with van der Waals surface area (Å²) in [6.45, 7) is 0. The monoisotopic (exact) mass is 366 g/mol. The fraction of sp³-hybridized carbons (Fsp3) is 0.0800. The number of hydrogen-bond acceptors (Lipinski definition) is 3. The first-order valence-corrected chi connectivity index (χ1v) is 9.25. The lowest BCUT2D eigenvalue weighted by atomic mass is 9.71. The lowest BCUT2D eigenvalue weighted by molar-refractivity contribution is 0.0723. The summed E-state index contributed by atoms with van der Waals surface area (Å²) in [5.74, 6) is 0.150. The van der Waals surface area contributed by atoms with Crippen molar-refractivity contribution in [3.63, 3.8) is 0 Å². The van der Waals surface area contributed by atoms with Gasteiger partial charge in [0.1, 0.15) is 11.4 Å². The molecule has 2 N–H and O–H groups in total. The van der Waals surface area contributed by atoms with Gasteiger partial charge in [-0.1, -0.05) is 78.9 Å². The maximum Gasteiger partial charge on any atom is 0.193 e. The Kier molecular flexibility index (Phi) is 3.61. The van der Waals surface area contributed by atoms with Gasteiger partial charge < -0.3 is 10.2 Å². The van der Waals surface area contributed by atoms with Crippen molar-refractivity contribution in [3.05, 3.63) is 113 Å². The van der Waals surface area contributed by atoms with Crippen molar-refractivity contribution in [3.8, 4) is 5.75 Å². The highest BCUT2D eigenvalue weighted by molar-refractivity contribution is 6.13. The number of benzene rings is 4. The Morgan fingerprint density at radius 3 is 1.86 bits per heavy atom. The molecule has 1 aliphatic rings. The number of aromatic hydroxyl groups is 1. The minimum absolute atomic E-state index is 0.0635. The normalized spacial score (nSPS) is 14.5. The van der Waals surface area contributed by atoms with Crippen LogP contribution in [0.3, 0.4) is 0 Å². The molecule has 3 heteroatoms. The van der Waals surface area contributed by atoms with E-state index in [-0.39, 0.29) is 11.5 Å². The van der Waals surface area contributed by atoms with Gasteiger partial charge >= 0.3 is 0 Å². The second-order valence-electron chi connectivity index (χ2n) is 7.25. The molecule has 0 atom stereocenters. The highest BCUT2D eigenvalue weighted by Crippen LogP contribution is 2.43. The van der Waals surface area contributed by atoms with Crippen molar-refractivity contribution in [2.75, 3.05) is 0 Å². The number of hydrogen-bond donors (Lipinski definition) is 2. The van der Waals surface area contributed by atoms with Crippen molar-refractivity contribution in [1.29, 1.82) is 0 Å². The molecule has 0 radical (unpaired) electrons. The van der Waals surface area contributed by atoms with E-state index in [1.165, 1.54) is 0 Å². The topological polar surface area (TPSA) is 57.5 Å². The van der Waals surface area contributed by atoms with Crippen molar-refractivity contribution in [2.45, 2.75) is 12.0 Å². The van der Waals surface area contributed by atoms with Crippen LogP contribution in [-0.2, 0) is 12.0 Å². The van der Waals surface area contributed by atoms with Crippen LogP contribution in [0.15, 0.2) is 84.9 Å². The van der Waals surface area contributed by atoms with Crippen LogP contribution in [0.4, 0.5) is 0 Å². The van der Waals surface area contributed by atoms with Crippen molar-refractivity contribution < 1.29 is 15.0 Å². The molecular formula is C25H18O3. The van der Waals surface area contributed by atoms with Crippen LogP contribution in [0.2, 0.25) is 0 Å². The first-order valence-electron chi connectivity index (χ1n) is 9.25. The van der Waals surface area contributed by atoms with Crippen molar-refractivity contribution in [1.82, 2.24) is 0 Å². The molecule has 0 spiro atoms. The average molecular weight is 366 g/mol. The third-order valence-corrected chi connectivity index (χ3v) is 5.67. The summed E-state index contributed by atoms with van der Waals surface area (Å²) in [5.41, 5.74) is 1.89.